The molecule has 2 heterocycles. The van der Waals surface area contributed by atoms with Crippen LogP contribution >= 0.6 is 11.3 Å². The number of hydrogen-bond donors (Lipinski definition) is 1. The van der Waals surface area contributed by atoms with Crippen LogP contribution in [0.5, 0.6) is 5.75 Å². The highest BCUT2D eigenvalue weighted by atomic mass is 32.1. The Labute approximate surface area is 130 Å². The highest BCUT2D eigenvalue weighted by Crippen LogP contribution is 2.16. The highest BCUT2D eigenvalue weighted by Gasteiger charge is 2.12. The van der Waals surface area contributed by atoms with Gasteiger partial charge in [-0.15, -0.1) is 15.3 Å². The monoisotopic (exact) mass is 317 g/mol. The van der Waals surface area contributed by atoms with Gasteiger partial charge in [0.1, 0.15) is 11.4 Å². The minimum Gasteiger partial charge on any atom is -0.494 e. The first-order valence-corrected chi connectivity index (χ1v) is 7.68. The van der Waals surface area contributed by atoms with Gasteiger partial charge in [0.2, 0.25) is 10.1 Å². The van der Waals surface area contributed by atoms with Crippen LogP contribution in [0.15, 0.2) is 29.1 Å². The number of aromatic nitrogens is 4. The van der Waals surface area contributed by atoms with Crippen molar-refractivity contribution in [3.05, 3.63) is 45.9 Å². The summed E-state index contributed by atoms with van der Waals surface area (Å²) in [5.74, 6) is 0.808. The van der Waals surface area contributed by atoms with E-state index in [4.69, 9.17) is 4.74 Å². The summed E-state index contributed by atoms with van der Waals surface area (Å²) in [6.07, 6.45) is 0.410. The van der Waals surface area contributed by atoms with Gasteiger partial charge in [0.05, 0.1) is 6.61 Å². The van der Waals surface area contributed by atoms with E-state index in [1.165, 1.54) is 15.9 Å². The van der Waals surface area contributed by atoms with Crippen molar-refractivity contribution in [1.29, 1.82) is 0 Å². The van der Waals surface area contributed by atoms with Crippen LogP contribution in [-0.4, -0.2) is 33.5 Å². The summed E-state index contributed by atoms with van der Waals surface area (Å²) >= 11 is 1.28. The highest BCUT2D eigenvalue weighted by molar-refractivity contribution is 7.20. The third-order valence-corrected chi connectivity index (χ3v) is 3.99. The van der Waals surface area contributed by atoms with Crippen molar-refractivity contribution < 1.29 is 4.74 Å². The first-order chi connectivity index (χ1) is 10.7. The van der Waals surface area contributed by atoms with E-state index in [1.54, 1.807) is 7.05 Å². The predicted molar refractivity (Wildman–Crippen MR) is 84.9 cm³/mol. The standard InChI is InChI=1S/C14H15N5O2S/c1-3-21-10-6-4-9(5-7-10)8-11-12(20)19-14(17-16-11)22-13(15-2)18-19/h4-7H,3,8H2,1-2H3,(H,15,18). The van der Waals surface area contributed by atoms with Gasteiger partial charge in [-0.1, -0.05) is 23.5 Å². The molecule has 22 heavy (non-hydrogen) atoms. The fraction of sp³-hybridized carbons (Fsp3) is 0.286. The van der Waals surface area contributed by atoms with Crippen LogP contribution in [0.2, 0.25) is 0 Å². The molecule has 0 bridgehead atoms. The topological polar surface area (TPSA) is 81.4 Å². The number of rotatable bonds is 5. The van der Waals surface area contributed by atoms with E-state index >= 15 is 0 Å². The largest absolute Gasteiger partial charge is 0.494 e. The minimum atomic E-state index is -0.239. The van der Waals surface area contributed by atoms with Gasteiger partial charge >= 0.3 is 0 Å². The molecular formula is C14H15N5O2S. The molecule has 0 radical (unpaired) electrons. The molecule has 1 aromatic carbocycles. The van der Waals surface area contributed by atoms with Crippen molar-refractivity contribution in [2.24, 2.45) is 0 Å². The first-order valence-electron chi connectivity index (χ1n) is 6.86. The van der Waals surface area contributed by atoms with E-state index in [2.05, 4.69) is 20.6 Å². The first kappa shape index (κ1) is 14.5. The summed E-state index contributed by atoms with van der Waals surface area (Å²) in [6, 6.07) is 7.59. The number of anilines is 1. The van der Waals surface area contributed by atoms with Gasteiger partial charge in [0.25, 0.3) is 5.56 Å². The van der Waals surface area contributed by atoms with Gasteiger partial charge in [0.15, 0.2) is 0 Å². The molecule has 0 spiro atoms. The second-order valence-electron chi connectivity index (χ2n) is 4.56. The van der Waals surface area contributed by atoms with E-state index in [0.29, 0.717) is 28.8 Å². The van der Waals surface area contributed by atoms with E-state index in [1.807, 2.05) is 31.2 Å². The average Bonchev–Trinajstić information content (AvgIpc) is 2.96. The Hall–Kier alpha value is -2.48. The number of benzene rings is 1. The summed E-state index contributed by atoms with van der Waals surface area (Å²) in [7, 11) is 1.75. The van der Waals surface area contributed by atoms with Gasteiger partial charge in [-0.3, -0.25) is 4.79 Å². The Morgan fingerprint density at radius 1 is 1.27 bits per heavy atom. The summed E-state index contributed by atoms with van der Waals surface area (Å²) in [5, 5.41) is 15.8. The molecular weight excluding hydrogens is 302 g/mol. The fourth-order valence-corrected chi connectivity index (χ4v) is 2.71. The summed E-state index contributed by atoms with van der Waals surface area (Å²) < 4.78 is 6.68. The second-order valence-corrected chi connectivity index (χ2v) is 5.51. The number of nitrogens with zero attached hydrogens (tertiary/aromatic N) is 4. The van der Waals surface area contributed by atoms with E-state index < -0.39 is 0 Å². The number of hydrogen-bond acceptors (Lipinski definition) is 7. The van der Waals surface area contributed by atoms with Gasteiger partial charge < -0.3 is 10.1 Å². The van der Waals surface area contributed by atoms with Crippen molar-refractivity contribution in [3.8, 4) is 5.75 Å². The lowest BCUT2D eigenvalue weighted by atomic mass is 10.1. The molecule has 0 aliphatic carbocycles. The number of nitrogens with one attached hydrogen (secondary N) is 1. The fourth-order valence-electron chi connectivity index (χ4n) is 2.02. The molecule has 0 aliphatic heterocycles. The molecule has 0 saturated carbocycles. The molecule has 2 aromatic heterocycles. The maximum Gasteiger partial charge on any atom is 0.297 e. The molecule has 0 amide bonds. The van der Waals surface area contributed by atoms with Gasteiger partial charge in [-0.05, 0) is 24.6 Å². The van der Waals surface area contributed by atoms with Crippen LogP contribution in [0.3, 0.4) is 0 Å². The molecule has 0 unspecified atom stereocenters. The molecule has 114 valence electrons. The van der Waals surface area contributed by atoms with Gasteiger partial charge in [-0.25, -0.2) is 0 Å². The zero-order valence-corrected chi connectivity index (χ0v) is 13.1. The number of ether oxygens (including phenoxy) is 1. The Bertz CT molecular complexity index is 841. The SMILES string of the molecule is CCOc1ccc(Cc2nnc3sc(NC)nn3c2=O)cc1. The van der Waals surface area contributed by atoms with Crippen LogP contribution in [0.1, 0.15) is 18.2 Å². The smallest absolute Gasteiger partial charge is 0.297 e. The molecule has 0 saturated heterocycles. The van der Waals surface area contributed by atoms with Crippen LogP contribution < -0.4 is 15.6 Å². The molecule has 3 rings (SSSR count). The van der Waals surface area contributed by atoms with Crippen molar-refractivity contribution in [1.82, 2.24) is 19.8 Å². The molecule has 0 atom stereocenters. The van der Waals surface area contributed by atoms with Crippen molar-refractivity contribution in [2.75, 3.05) is 19.0 Å². The summed E-state index contributed by atoms with van der Waals surface area (Å²) in [6.45, 7) is 2.56. The molecule has 7 nitrogen and oxygen atoms in total. The van der Waals surface area contributed by atoms with E-state index in [9.17, 15) is 4.79 Å². The summed E-state index contributed by atoms with van der Waals surface area (Å²) in [5.41, 5.74) is 1.10. The summed E-state index contributed by atoms with van der Waals surface area (Å²) in [4.78, 5) is 12.9. The van der Waals surface area contributed by atoms with Crippen LogP contribution in [0, 0.1) is 0 Å². The zero-order chi connectivity index (χ0) is 15.5. The quantitative estimate of drug-likeness (QED) is 0.769. The molecule has 1 N–H and O–H groups in total. The predicted octanol–water partition coefficient (Wildman–Crippen LogP) is 1.58. The van der Waals surface area contributed by atoms with Crippen LogP contribution in [0.25, 0.3) is 4.96 Å². The van der Waals surface area contributed by atoms with Crippen LogP contribution in [0.4, 0.5) is 5.13 Å². The maximum absolute atomic E-state index is 12.4. The minimum absolute atomic E-state index is 0.239. The Morgan fingerprint density at radius 2 is 2.05 bits per heavy atom. The van der Waals surface area contributed by atoms with E-state index in [0.717, 1.165) is 11.3 Å². The average molecular weight is 317 g/mol. The zero-order valence-electron chi connectivity index (χ0n) is 12.2. The molecule has 3 aromatic rings. The lowest BCUT2D eigenvalue weighted by molar-refractivity contribution is 0.340. The Balaban J connectivity index is 1.90. The molecule has 8 heteroatoms. The lowest BCUT2D eigenvalue weighted by Gasteiger charge is -2.04. The Morgan fingerprint density at radius 3 is 2.73 bits per heavy atom. The normalized spacial score (nSPS) is 10.8. The van der Waals surface area contributed by atoms with E-state index in [-0.39, 0.29) is 5.56 Å². The third kappa shape index (κ3) is 2.77. The molecule has 0 fully saturated rings. The van der Waals surface area contributed by atoms with Crippen molar-refractivity contribution >= 4 is 21.4 Å². The number of fused-ring (bicyclic) bond motifs is 1. The third-order valence-electron chi connectivity index (χ3n) is 3.08. The Kier molecular flexibility index (Phi) is 4.01. The maximum atomic E-state index is 12.4. The van der Waals surface area contributed by atoms with Gasteiger partial charge in [0, 0.05) is 13.5 Å². The molecule has 0 aliphatic rings. The van der Waals surface area contributed by atoms with Gasteiger partial charge in [-0.2, -0.15) is 4.52 Å². The van der Waals surface area contributed by atoms with Crippen molar-refractivity contribution in [3.63, 3.8) is 0 Å². The van der Waals surface area contributed by atoms with Crippen molar-refractivity contribution in [2.45, 2.75) is 13.3 Å². The second kappa shape index (κ2) is 6.10. The van der Waals surface area contributed by atoms with Crippen LogP contribution in [-0.2, 0) is 6.42 Å². The lowest BCUT2D eigenvalue weighted by Crippen LogP contribution is -2.22.